The van der Waals surface area contributed by atoms with E-state index in [0.717, 1.165) is 32.7 Å². The number of sulfone groups is 1. The fraction of sp³-hybridized carbons (Fsp3) is 0.917. The minimum atomic E-state index is -2.98. The van der Waals surface area contributed by atoms with E-state index in [1.807, 2.05) is 0 Å². The molecule has 1 atom stereocenters. The highest BCUT2D eigenvalue weighted by Crippen LogP contribution is 2.20. The average molecular weight is 289 g/mol. The monoisotopic (exact) mass is 289 g/mol. The topological polar surface area (TPSA) is 69.7 Å². The van der Waals surface area contributed by atoms with Gasteiger partial charge in [0, 0.05) is 46.3 Å². The minimum Gasteiger partial charge on any atom is -0.344 e. The van der Waals surface area contributed by atoms with E-state index < -0.39 is 9.84 Å². The summed E-state index contributed by atoms with van der Waals surface area (Å²) in [7, 11) is -1.20. The first kappa shape index (κ1) is 14.7. The van der Waals surface area contributed by atoms with Gasteiger partial charge in [-0.3, -0.25) is 9.69 Å². The maximum atomic E-state index is 12.1. The zero-order valence-corrected chi connectivity index (χ0v) is 12.3. The molecule has 0 bridgehead atoms. The van der Waals surface area contributed by atoms with Gasteiger partial charge >= 0.3 is 0 Å². The fourth-order valence-corrected chi connectivity index (χ4v) is 4.37. The van der Waals surface area contributed by atoms with Crippen LogP contribution in [-0.4, -0.2) is 81.9 Å². The van der Waals surface area contributed by atoms with Gasteiger partial charge in [0.2, 0.25) is 5.91 Å². The van der Waals surface area contributed by atoms with Gasteiger partial charge in [-0.05, 0) is 6.42 Å². The number of likely N-dealkylation sites (N-methyl/N-ethyl adjacent to an activating group) is 1. The molecule has 0 aromatic carbocycles. The first-order valence-electron chi connectivity index (χ1n) is 6.86. The van der Waals surface area contributed by atoms with E-state index in [2.05, 4.69) is 10.2 Å². The lowest BCUT2D eigenvalue weighted by molar-refractivity contribution is -0.133. The molecule has 0 aromatic heterocycles. The highest BCUT2D eigenvalue weighted by Gasteiger charge is 2.34. The number of hydrogen-bond donors (Lipinski definition) is 1. The van der Waals surface area contributed by atoms with E-state index in [0.29, 0.717) is 13.0 Å². The SMILES string of the molecule is CN(CCN1CCNCC1)C(=O)C1CCS(=O)(=O)C1. The van der Waals surface area contributed by atoms with Crippen molar-refractivity contribution in [3.63, 3.8) is 0 Å². The number of piperazine rings is 1. The molecule has 6 nitrogen and oxygen atoms in total. The first-order chi connectivity index (χ1) is 8.98. The molecule has 0 aliphatic carbocycles. The van der Waals surface area contributed by atoms with Crippen LogP contribution in [0, 0.1) is 5.92 Å². The van der Waals surface area contributed by atoms with E-state index in [9.17, 15) is 13.2 Å². The standard InChI is InChI=1S/C12H23N3O3S/c1-14(7-8-15-5-3-13-4-6-15)12(16)11-2-9-19(17,18)10-11/h11,13H,2-10H2,1H3. The number of rotatable bonds is 4. The van der Waals surface area contributed by atoms with E-state index in [1.165, 1.54) is 0 Å². The summed E-state index contributed by atoms with van der Waals surface area (Å²) in [4.78, 5) is 16.1. The molecular formula is C12H23N3O3S. The normalized spacial score (nSPS) is 27.3. The molecule has 0 spiro atoms. The Balaban J connectivity index is 1.76. The summed E-state index contributed by atoms with van der Waals surface area (Å²) < 4.78 is 22.8. The van der Waals surface area contributed by atoms with Crippen LogP contribution in [0.15, 0.2) is 0 Å². The second-order valence-electron chi connectivity index (χ2n) is 5.45. The van der Waals surface area contributed by atoms with Crippen LogP contribution in [0.4, 0.5) is 0 Å². The van der Waals surface area contributed by atoms with Crippen molar-refractivity contribution in [2.24, 2.45) is 5.92 Å². The molecule has 19 heavy (non-hydrogen) atoms. The van der Waals surface area contributed by atoms with Crippen molar-refractivity contribution >= 4 is 15.7 Å². The second kappa shape index (κ2) is 6.19. The Labute approximate surface area is 115 Å². The summed E-state index contributed by atoms with van der Waals surface area (Å²) in [5.74, 6) is -0.145. The number of hydrogen-bond acceptors (Lipinski definition) is 5. The quantitative estimate of drug-likeness (QED) is 0.703. The molecule has 0 aromatic rings. The first-order valence-corrected chi connectivity index (χ1v) is 8.68. The lowest BCUT2D eigenvalue weighted by Gasteiger charge is -2.29. The third-order valence-electron chi connectivity index (χ3n) is 3.92. The molecule has 2 aliphatic rings. The van der Waals surface area contributed by atoms with Gasteiger partial charge in [0.05, 0.1) is 17.4 Å². The Kier molecular flexibility index (Phi) is 4.81. The van der Waals surface area contributed by atoms with E-state index in [1.54, 1.807) is 11.9 Å². The lowest BCUT2D eigenvalue weighted by Crippen LogP contribution is -2.47. The number of nitrogens with zero attached hydrogens (tertiary/aromatic N) is 2. The minimum absolute atomic E-state index is 0.0174. The molecule has 2 heterocycles. The summed E-state index contributed by atoms with van der Waals surface area (Å²) >= 11 is 0. The lowest BCUT2D eigenvalue weighted by atomic mass is 10.1. The highest BCUT2D eigenvalue weighted by molar-refractivity contribution is 7.91. The Morgan fingerprint density at radius 3 is 2.63 bits per heavy atom. The smallest absolute Gasteiger partial charge is 0.226 e. The summed E-state index contributed by atoms with van der Waals surface area (Å²) in [5, 5.41) is 3.29. The molecule has 110 valence electrons. The molecule has 1 N–H and O–H groups in total. The van der Waals surface area contributed by atoms with Crippen molar-refractivity contribution in [2.45, 2.75) is 6.42 Å². The molecule has 1 amide bonds. The molecule has 0 radical (unpaired) electrons. The van der Waals surface area contributed by atoms with Gasteiger partial charge in [0.25, 0.3) is 0 Å². The summed E-state index contributed by atoms with van der Waals surface area (Å²) in [6.45, 7) is 5.56. The Bertz CT molecular complexity index is 418. The Morgan fingerprint density at radius 1 is 1.37 bits per heavy atom. The van der Waals surface area contributed by atoms with Crippen LogP contribution < -0.4 is 5.32 Å². The van der Waals surface area contributed by atoms with Gasteiger partial charge in [0.15, 0.2) is 9.84 Å². The number of amides is 1. The van der Waals surface area contributed by atoms with Crippen molar-refractivity contribution in [1.82, 2.24) is 15.1 Å². The molecule has 1 unspecified atom stereocenters. The molecule has 2 aliphatic heterocycles. The van der Waals surface area contributed by atoms with Crippen molar-refractivity contribution in [2.75, 3.05) is 57.8 Å². The zero-order chi connectivity index (χ0) is 13.9. The van der Waals surface area contributed by atoms with E-state index >= 15 is 0 Å². The van der Waals surface area contributed by atoms with Crippen LogP contribution in [0.2, 0.25) is 0 Å². The summed E-state index contributed by atoms with van der Waals surface area (Å²) in [5.41, 5.74) is 0. The predicted octanol–water partition coefficient (Wildman–Crippen LogP) is -1.22. The van der Waals surface area contributed by atoms with Gasteiger partial charge in [-0.1, -0.05) is 0 Å². The van der Waals surface area contributed by atoms with E-state index in [-0.39, 0.29) is 23.3 Å². The maximum absolute atomic E-state index is 12.1. The molecule has 0 saturated carbocycles. The van der Waals surface area contributed by atoms with Crippen LogP contribution in [0.5, 0.6) is 0 Å². The zero-order valence-electron chi connectivity index (χ0n) is 11.5. The molecule has 2 fully saturated rings. The van der Waals surface area contributed by atoms with Crippen LogP contribution in [0.3, 0.4) is 0 Å². The van der Waals surface area contributed by atoms with Crippen molar-refractivity contribution in [1.29, 1.82) is 0 Å². The third-order valence-corrected chi connectivity index (χ3v) is 5.69. The average Bonchev–Trinajstić information content (AvgIpc) is 2.76. The maximum Gasteiger partial charge on any atom is 0.226 e. The number of carbonyl (C=O) groups is 1. The second-order valence-corrected chi connectivity index (χ2v) is 7.68. The predicted molar refractivity (Wildman–Crippen MR) is 73.7 cm³/mol. The Morgan fingerprint density at radius 2 is 2.05 bits per heavy atom. The van der Waals surface area contributed by atoms with Gasteiger partial charge in [-0.25, -0.2) is 8.42 Å². The molecular weight excluding hydrogens is 266 g/mol. The van der Waals surface area contributed by atoms with Gasteiger partial charge < -0.3 is 10.2 Å². The van der Waals surface area contributed by atoms with Crippen molar-refractivity contribution in [3.05, 3.63) is 0 Å². The Hall–Kier alpha value is -0.660. The van der Waals surface area contributed by atoms with Crippen molar-refractivity contribution in [3.8, 4) is 0 Å². The van der Waals surface area contributed by atoms with Gasteiger partial charge in [0.1, 0.15) is 0 Å². The van der Waals surface area contributed by atoms with Gasteiger partial charge in [-0.2, -0.15) is 0 Å². The van der Waals surface area contributed by atoms with Crippen LogP contribution in [0.1, 0.15) is 6.42 Å². The molecule has 2 saturated heterocycles. The van der Waals surface area contributed by atoms with Crippen LogP contribution in [0.25, 0.3) is 0 Å². The number of carbonyl (C=O) groups excluding carboxylic acids is 1. The van der Waals surface area contributed by atoms with Crippen LogP contribution >= 0.6 is 0 Å². The van der Waals surface area contributed by atoms with Gasteiger partial charge in [-0.15, -0.1) is 0 Å². The molecule has 7 heteroatoms. The fourth-order valence-electron chi connectivity index (χ4n) is 2.64. The summed E-state index contributed by atoms with van der Waals surface area (Å²) in [6, 6.07) is 0. The van der Waals surface area contributed by atoms with Crippen molar-refractivity contribution < 1.29 is 13.2 Å². The van der Waals surface area contributed by atoms with E-state index in [4.69, 9.17) is 0 Å². The largest absolute Gasteiger partial charge is 0.344 e. The number of nitrogens with one attached hydrogen (secondary N) is 1. The molecule has 2 rings (SSSR count). The third kappa shape index (κ3) is 4.15. The highest BCUT2D eigenvalue weighted by atomic mass is 32.2. The van der Waals surface area contributed by atoms with Crippen LogP contribution in [-0.2, 0) is 14.6 Å². The summed E-state index contributed by atoms with van der Waals surface area (Å²) in [6.07, 6.45) is 0.485.